The number of nitrogens with one attached hydrogen (secondary N) is 1. The smallest absolute Gasteiger partial charge is 0.347 e. The zero-order valence-electron chi connectivity index (χ0n) is 8.79. The molecule has 1 aromatic carbocycles. The second-order valence-electron chi connectivity index (χ2n) is 3.15. The Morgan fingerprint density at radius 1 is 1.29 bits per heavy atom. The highest BCUT2D eigenvalue weighted by molar-refractivity contribution is 6.24. The van der Waals surface area contributed by atoms with E-state index < -0.39 is 11.2 Å². The molecule has 1 heterocycles. The number of carbonyl (C=O) groups is 1. The summed E-state index contributed by atoms with van der Waals surface area (Å²) in [5, 5.41) is 14.1. The van der Waals surface area contributed by atoms with Crippen LogP contribution in [-0.2, 0) is 0 Å². The molecule has 1 aliphatic rings. The molecule has 1 aromatic rings. The molecule has 0 saturated heterocycles. The molecule has 8 heteroatoms. The minimum Gasteiger partial charge on any atom is -0.497 e. The van der Waals surface area contributed by atoms with Crippen molar-refractivity contribution in [2.45, 2.75) is 5.25 Å². The summed E-state index contributed by atoms with van der Waals surface area (Å²) in [7, 11) is 1.54. The predicted molar refractivity (Wildman–Crippen MR) is 58.8 cm³/mol. The molecule has 1 aliphatic heterocycles. The number of hydrogen-bond acceptors (Lipinski definition) is 6. The van der Waals surface area contributed by atoms with Crippen LogP contribution in [0.15, 0.2) is 44.9 Å². The van der Waals surface area contributed by atoms with Crippen LogP contribution in [0.3, 0.4) is 0 Å². The summed E-state index contributed by atoms with van der Waals surface area (Å²) >= 11 is 5.80. The lowest BCUT2D eigenvalue weighted by atomic mass is 10.2. The first-order valence-electron chi connectivity index (χ1n) is 4.62. The lowest BCUT2D eigenvalue weighted by Gasteiger charge is -2.12. The number of ether oxygens (including phenoxy) is 1. The molecule has 0 saturated carbocycles. The van der Waals surface area contributed by atoms with Crippen LogP contribution in [0.4, 0.5) is 0 Å². The Morgan fingerprint density at radius 3 is 2.41 bits per heavy atom. The SMILES string of the molecule is COc1ccc(C(=O)NC2(Cl)N=NN=N2)cc1. The average Bonchev–Trinajstić information content (AvgIpc) is 2.76. The molecule has 1 N–H and O–H groups in total. The molecule has 0 bridgehead atoms. The van der Waals surface area contributed by atoms with Gasteiger partial charge in [0.1, 0.15) is 5.75 Å². The molecule has 1 amide bonds. The zero-order chi connectivity index (χ0) is 12.3. The van der Waals surface area contributed by atoms with Gasteiger partial charge in [-0.25, -0.2) is 0 Å². The second kappa shape index (κ2) is 4.46. The highest BCUT2D eigenvalue weighted by atomic mass is 35.5. The largest absolute Gasteiger partial charge is 0.497 e. The van der Waals surface area contributed by atoms with Crippen LogP contribution < -0.4 is 10.1 Å². The first-order valence-corrected chi connectivity index (χ1v) is 5.00. The molecule has 0 spiro atoms. The quantitative estimate of drug-likeness (QED) is 0.660. The molecular formula is C9H8ClN5O2. The average molecular weight is 254 g/mol. The molecular weight excluding hydrogens is 246 g/mol. The van der Waals surface area contributed by atoms with E-state index in [1.165, 1.54) is 0 Å². The predicted octanol–water partition coefficient (Wildman–Crippen LogP) is 2.11. The number of alkyl halides is 1. The van der Waals surface area contributed by atoms with Crippen molar-refractivity contribution in [1.29, 1.82) is 0 Å². The number of rotatable bonds is 3. The van der Waals surface area contributed by atoms with Crippen molar-refractivity contribution < 1.29 is 9.53 Å². The van der Waals surface area contributed by atoms with Gasteiger partial charge in [0, 0.05) is 5.56 Å². The fourth-order valence-corrected chi connectivity index (χ4v) is 1.34. The van der Waals surface area contributed by atoms with Crippen LogP contribution in [-0.4, -0.2) is 18.3 Å². The maximum absolute atomic E-state index is 11.8. The van der Waals surface area contributed by atoms with E-state index in [1.807, 2.05) is 0 Å². The van der Waals surface area contributed by atoms with Crippen LogP contribution in [0.25, 0.3) is 0 Å². The second-order valence-corrected chi connectivity index (χ2v) is 3.68. The highest BCUT2D eigenvalue weighted by Crippen LogP contribution is 2.22. The van der Waals surface area contributed by atoms with Crippen LogP contribution in [0.5, 0.6) is 5.75 Å². The Balaban J connectivity index is 2.09. The van der Waals surface area contributed by atoms with E-state index in [-0.39, 0.29) is 0 Å². The van der Waals surface area contributed by atoms with Crippen molar-refractivity contribution in [2.75, 3.05) is 7.11 Å². The summed E-state index contributed by atoms with van der Waals surface area (Å²) in [4.78, 5) is 11.8. The molecule has 0 aromatic heterocycles. The Kier molecular flexibility index (Phi) is 3.01. The monoisotopic (exact) mass is 253 g/mol. The minimum absolute atomic E-state index is 0.406. The van der Waals surface area contributed by atoms with Gasteiger partial charge in [-0.05, 0) is 46.3 Å². The molecule has 7 nitrogen and oxygen atoms in total. The summed E-state index contributed by atoms with van der Waals surface area (Å²) in [6.45, 7) is 0. The normalized spacial score (nSPS) is 15.9. The first kappa shape index (κ1) is 11.5. The van der Waals surface area contributed by atoms with Gasteiger partial charge in [0.05, 0.1) is 7.11 Å². The molecule has 2 rings (SSSR count). The van der Waals surface area contributed by atoms with Gasteiger partial charge < -0.3 is 4.74 Å². The molecule has 0 radical (unpaired) electrons. The topological polar surface area (TPSA) is 87.8 Å². The third-order valence-electron chi connectivity index (χ3n) is 2.02. The third kappa shape index (κ3) is 2.56. The van der Waals surface area contributed by atoms with Crippen molar-refractivity contribution in [3.63, 3.8) is 0 Å². The maximum atomic E-state index is 11.8. The van der Waals surface area contributed by atoms with E-state index in [1.54, 1.807) is 31.4 Å². The standard InChI is InChI=1S/C9H8ClN5O2/c1-17-7-4-2-6(3-5-7)8(16)11-9(10)12-14-15-13-9/h2-5H,1H3,(H,11,16). The molecule has 17 heavy (non-hydrogen) atoms. The van der Waals surface area contributed by atoms with E-state index in [0.717, 1.165) is 0 Å². The van der Waals surface area contributed by atoms with Gasteiger partial charge in [-0.2, -0.15) is 0 Å². The van der Waals surface area contributed by atoms with Crippen LogP contribution in [0.2, 0.25) is 0 Å². The third-order valence-corrected chi connectivity index (χ3v) is 2.26. The van der Waals surface area contributed by atoms with Crippen molar-refractivity contribution in [3.05, 3.63) is 29.8 Å². The van der Waals surface area contributed by atoms with Gasteiger partial charge in [-0.3, -0.25) is 10.1 Å². The summed E-state index contributed by atoms with van der Waals surface area (Å²) in [5.74, 6) is 0.227. The summed E-state index contributed by atoms with van der Waals surface area (Å²) in [5.41, 5.74) is 0.406. The van der Waals surface area contributed by atoms with Gasteiger partial charge in [-0.15, -0.1) is 0 Å². The van der Waals surface area contributed by atoms with Gasteiger partial charge in [0.25, 0.3) is 5.91 Å². The van der Waals surface area contributed by atoms with E-state index in [2.05, 4.69) is 26.0 Å². The van der Waals surface area contributed by atoms with Gasteiger partial charge >= 0.3 is 5.25 Å². The minimum atomic E-state index is -1.63. The molecule has 88 valence electrons. The molecule has 0 fully saturated rings. The van der Waals surface area contributed by atoms with Crippen LogP contribution >= 0.6 is 11.6 Å². The number of carbonyl (C=O) groups excluding carboxylic acids is 1. The zero-order valence-corrected chi connectivity index (χ0v) is 9.55. The van der Waals surface area contributed by atoms with E-state index in [4.69, 9.17) is 16.3 Å². The molecule has 0 unspecified atom stereocenters. The summed E-state index contributed by atoms with van der Waals surface area (Å²) in [6.07, 6.45) is 0. The van der Waals surface area contributed by atoms with Crippen molar-refractivity contribution in [1.82, 2.24) is 5.32 Å². The first-order chi connectivity index (χ1) is 8.13. The Hall–Kier alpha value is -2.02. The highest BCUT2D eigenvalue weighted by Gasteiger charge is 2.32. The van der Waals surface area contributed by atoms with Gasteiger partial charge in [0.15, 0.2) is 0 Å². The fraction of sp³-hybridized carbons (Fsp3) is 0.222. The van der Waals surface area contributed by atoms with E-state index in [9.17, 15) is 4.79 Å². The number of methoxy groups -OCH3 is 1. The molecule has 0 atom stereocenters. The lowest BCUT2D eigenvalue weighted by Crippen LogP contribution is -2.39. The van der Waals surface area contributed by atoms with E-state index in [0.29, 0.717) is 11.3 Å². The van der Waals surface area contributed by atoms with Crippen molar-refractivity contribution in [2.24, 2.45) is 20.7 Å². The number of hydrogen-bond donors (Lipinski definition) is 1. The summed E-state index contributed by atoms with van der Waals surface area (Å²) in [6, 6.07) is 6.51. The molecule has 0 aliphatic carbocycles. The Labute approximate surface area is 102 Å². The summed E-state index contributed by atoms with van der Waals surface area (Å²) < 4.78 is 4.98. The Morgan fingerprint density at radius 2 is 1.88 bits per heavy atom. The van der Waals surface area contributed by atoms with Crippen LogP contribution in [0.1, 0.15) is 10.4 Å². The fourth-order valence-electron chi connectivity index (χ4n) is 1.19. The number of amides is 1. The Bertz CT molecular complexity index is 473. The lowest BCUT2D eigenvalue weighted by molar-refractivity contribution is 0.0930. The maximum Gasteiger partial charge on any atom is 0.347 e. The van der Waals surface area contributed by atoms with Crippen molar-refractivity contribution in [3.8, 4) is 5.75 Å². The van der Waals surface area contributed by atoms with Crippen LogP contribution in [0, 0.1) is 0 Å². The van der Waals surface area contributed by atoms with Gasteiger partial charge in [0.2, 0.25) is 0 Å². The van der Waals surface area contributed by atoms with Gasteiger partial charge in [-0.1, -0.05) is 10.2 Å². The van der Waals surface area contributed by atoms with E-state index >= 15 is 0 Å². The number of halogens is 1. The van der Waals surface area contributed by atoms with Crippen molar-refractivity contribution >= 4 is 17.5 Å². The number of benzene rings is 1. The number of nitrogens with zero attached hydrogens (tertiary/aromatic N) is 4.